The number of amides is 1. The molecular formula is C26H21N3O2. The molecule has 0 unspecified atom stereocenters. The van der Waals surface area contributed by atoms with Crippen LogP contribution in [0.25, 0.3) is 32.6 Å². The van der Waals surface area contributed by atoms with Crippen molar-refractivity contribution in [1.29, 1.82) is 0 Å². The molecule has 0 aliphatic carbocycles. The van der Waals surface area contributed by atoms with Crippen molar-refractivity contribution in [2.24, 2.45) is 5.10 Å². The Hall–Kier alpha value is -4.12. The minimum absolute atomic E-state index is 0.231. The minimum Gasteiger partial charge on any atom is -0.451 e. The molecule has 2 aromatic heterocycles. The molecule has 0 bridgehead atoms. The molecule has 3 aromatic carbocycles. The summed E-state index contributed by atoms with van der Waals surface area (Å²) in [4.78, 5) is 12.7. The molecule has 0 radical (unpaired) electrons. The zero-order chi connectivity index (χ0) is 21.4. The number of furan rings is 1. The second-order valence-electron chi connectivity index (χ2n) is 7.42. The van der Waals surface area contributed by atoms with Crippen LogP contribution < -0.4 is 5.43 Å². The maximum absolute atomic E-state index is 12.7. The van der Waals surface area contributed by atoms with Crippen LogP contribution in [-0.4, -0.2) is 16.7 Å². The van der Waals surface area contributed by atoms with Gasteiger partial charge in [0.05, 0.1) is 6.21 Å². The van der Waals surface area contributed by atoms with Gasteiger partial charge in [-0.1, -0.05) is 54.6 Å². The van der Waals surface area contributed by atoms with Crippen LogP contribution in [0.3, 0.4) is 0 Å². The van der Waals surface area contributed by atoms with Gasteiger partial charge in [-0.3, -0.25) is 4.79 Å². The van der Waals surface area contributed by atoms with Crippen molar-refractivity contribution >= 4 is 44.8 Å². The first kappa shape index (κ1) is 18.9. The molecule has 0 spiro atoms. The van der Waals surface area contributed by atoms with E-state index in [0.717, 1.165) is 38.3 Å². The standard InChI is InChI=1S/C26H21N3O2/c1-3-14-29-17(2)22(20-10-6-7-11-23(20)29)16-27-28-26(30)25-15-21-19-9-5-4-8-18(19)12-13-24(21)31-25/h3-13,15-16H,1,14H2,2H3,(H,28,30)/b27-16+. The molecule has 5 nitrogen and oxygen atoms in total. The molecule has 1 N–H and O–H groups in total. The van der Waals surface area contributed by atoms with Crippen molar-refractivity contribution in [3.05, 3.63) is 96.4 Å². The minimum atomic E-state index is -0.385. The summed E-state index contributed by atoms with van der Waals surface area (Å²) in [7, 11) is 0. The topological polar surface area (TPSA) is 59.5 Å². The number of benzene rings is 3. The third-order valence-corrected chi connectivity index (χ3v) is 5.60. The predicted molar refractivity (Wildman–Crippen MR) is 126 cm³/mol. The van der Waals surface area contributed by atoms with E-state index in [4.69, 9.17) is 4.42 Å². The van der Waals surface area contributed by atoms with Crippen LogP contribution in [-0.2, 0) is 6.54 Å². The van der Waals surface area contributed by atoms with Crippen LogP contribution in [0.1, 0.15) is 21.8 Å². The summed E-state index contributed by atoms with van der Waals surface area (Å²) < 4.78 is 7.95. The van der Waals surface area contributed by atoms with Crippen molar-refractivity contribution in [2.45, 2.75) is 13.5 Å². The lowest BCUT2D eigenvalue weighted by atomic mass is 10.1. The molecule has 1 amide bonds. The molecule has 0 fully saturated rings. The molecule has 5 aromatic rings. The molecule has 5 heteroatoms. The van der Waals surface area contributed by atoms with E-state index >= 15 is 0 Å². The van der Waals surface area contributed by atoms with Gasteiger partial charge in [0, 0.05) is 34.1 Å². The SMILES string of the molecule is C=CCn1c(C)c(/C=N/NC(=O)c2cc3c(ccc4ccccc43)o2)c2ccccc21. The fourth-order valence-electron chi connectivity index (χ4n) is 4.10. The van der Waals surface area contributed by atoms with Crippen molar-refractivity contribution in [3.8, 4) is 0 Å². The fraction of sp³-hybridized carbons (Fsp3) is 0.0769. The van der Waals surface area contributed by atoms with E-state index in [1.54, 1.807) is 12.3 Å². The number of carbonyl (C=O) groups excluding carboxylic acids is 1. The summed E-state index contributed by atoms with van der Waals surface area (Å²) in [6.07, 6.45) is 3.56. The third-order valence-electron chi connectivity index (χ3n) is 5.60. The molecule has 0 atom stereocenters. The number of hydrogen-bond donors (Lipinski definition) is 1. The zero-order valence-electron chi connectivity index (χ0n) is 17.1. The zero-order valence-corrected chi connectivity index (χ0v) is 17.1. The fourth-order valence-corrected chi connectivity index (χ4v) is 4.10. The predicted octanol–water partition coefficient (Wildman–Crippen LogP) is 5.80. The number of hydrogen-bond acceptors (Lipinski definition) is 3. The molecule has 0 saturated carbocycles. The van der Waals surface area contributed by atoms with E-state index in [1.165, 1.54) is 0 Å². The Labute approximate surface area is 179 Å². The summed E-state index contributed by atoms with van der Waals surface area (Å²) in [5.41, 5.74) is 6.41. The highest BCUT2D eigenvalue weighted by Crippen LogP contribution is 2.28. The van der Waals surface area contributed by atoms with Crippen molar-refractivity contribution in [3.63, 3.8) is 0 Å². The van der Waals surface area contributed by atoms with Gasteiger partial charge in [0.15, 0.2) is 5.76 Å². The number of allylic oxidation sites excluding steroid dienone is 1. The van der Waals surface area contributed by atoms with Crippen LogP contribution in [0.15, 0.2) is 88.9 Å². The van der Waals surface area contributed by atoms with Gasteiger partial charge in [0.2, 0.25) is 0 Å². The van der Waals surface area contributed by atoms with Crippen molar-refractivity contribution in [1.82, 2.24) is 9.99 Å². The Morgan fingerprint density at radius 2 is 1.84 bits per heavy atom. The highest BCUT2D eigenvalue weighted by atomic mass is 16.3. The molecule has 152 valence electrons. The molecule has 31 heavy (non-hydrogen) atoms. The van der Waals surface area contributed by atoms with Crippen LogP contribution in [0.5, 0.6) is 0 Å². The highest BCUT2D eigenvalue weighted by Gasteiger charge is 2.14. The summed E-state index contributed by atoms with van der Waals surface area (Å²) in [5.74, 6) is -0.154. The maximum atomic E-state index is 12.7. The van der Waals surface area contributed by atoms with Crippen LogP contribution >= 0.6 is 0 Å². The first-order valence-electron chi connectivity index (χ1n) is 10.1. The molecule has 5 rings (SSSR count). The molecular weight excluding hydrogens is 386 g/mol. The average Bonchev–Trinajstić information content (AvgIpc) is 3.35. The summed E-state index contributed by atoms with van der Waals surface area (Å²) in [6.45, 7) is 6.59. The summed E-state index contributed by atoms with van der Waals surface area (Å²) in [6, 6.07) is 21.8. The van der Waals surface area contributed by atoms with E-state index in [2.05, 4.69) is 33.8 Å². The van der Waals surface area contributed by atoms with Crippen molar-refractivity contribution in [2.75, 3.05) is 0 Å². The van der Waals surface area contributed by atoms with Gasteiger partial charge in [0.25, 0.3) is 0 Å². The molecule has 2 heterocycles. The molecule has 0 aliphatic heterocycles. The number of carbonyl (C=O) groups is 1. The van der Waals surface area contributed by atoms with E-state index < -0.39 is 0 Å². The van der Waals surface area contributed by atoms with Crippen LogP contribution in [0, 0.1) is 6.92 Å². The van der Waals surface area contributed by atoms with Gasteiger partial charge in [-0.2, -0.15) is 5.10 Å². The number of nitrogens with zero attached hydrogens (tertiary/aromatic N) is 2. The lowest BCUT2D eigenvalue weighted by molar-refractivity contribution is 0.0929. The quantitative estimate of drug-likeness (QED) is 0.227. The first-order chi connectivity index (χ1) is 15.2. The van der Waals surface area contributed by atoms with Gasteiger partial charge >= 0.3 is 5.91 Å². The largest absolute Gasteiger partial charge is 0.451 e. The van der Waals surface area contributed by atoms with E-state index in [1.807, 2.05) is 61.5 Å². The third kappa shape index (κ3) is 3.20. The van der Waals surface area contributed by atoms with Gasteiger partial charge in [-0.25, -0.2) is 5.43 Å². The van der Waals surface area contributed by atoms with Gasteiger partial charge in [-0.05, 0) is 35.9 Å². The Kier molecular flexibility index (Phi) is 4.64. The monoisotopic (exact) mass is 407 g/mol. The summed E-state index contributed by atoms with van der Waals surface area (Å²) in [5, 5.41) is 8.36. The van der Waals surface area contributed by atoms with Gasteiger partial charge in [-0.15, -0.1) is 6.58 Å². The Morgan fingerprint density at radius 3 is 2.68 bits per heavy atom. The lowest BCUT2D eigenvalue weighted by Crippen LogP contribution is -2.16. The van der Waals surface area contributed by atoms with E-state index in [9.17, 15) is 4.79 Å². The Morgan fingerprint density at radius 1 is 1.06 bits per heavy atom. The number of para-hydroxylation sites is 1. The Balaban J connectivity index is 1.44. The van der Waals surface area contributed by atoms with E-state index in [-0.39, 0.29) is 11.7 Å². The number of hydrazone groups is 1. The first-order valence-corrected chi connectivity index (χ1v) is 10.1. The van der Waals surface area contributed by atoms with E-state index in [0.29, 0.717) is 12.1 Å². The second kappa shape index (κ2) is 7.61. The maximum Gasteiger partial charge on any atom is 0.307 e. The van der Waals surface area contributed by atoms with Crippen LogP contribution in [0.2, 0.25) is 0 Å². The highest BCUT2D eigenvalue weighted by molar-refractivity contribution is 6.08. The number of nitrogens with one attached hydrogen (secondary N) is 1. The number of rotatable bonds is 5. The average molecular weight is 407 g/mol. The molecule has 0 aliphatic rings. The summed E-state index contributed by atoms with van der Waals surface area (Å²) >= 11 is 0. The lowest BCUT2D eigenvalue weighted by Gasteiger charge is -2.03. The normalized spacial score (nSPS) is 11.6. The van der Waals surface area contributed by atoms with Gasteiger partial charge < -0.3 is 8.98 Å². The molecule has 0 saturated heterocycles. The van der Waals surface area contributed by atoms with Crippen LogP contribution in [0.4, 0.5) is 0 Å². The Bertz CT molecular complexity index is 1490. The smallest absolute Gasteiger partial charge is 0.307 e. The second-order valence-corrected chi connectivity index (χ2v) is 7.42. The number of fused-ring (bicyclic) bond motifs is 4. The van der Waals surface area contributed by atoms with Crippen molar-refractivity contribution < 1.29 is 9.21 Å². The number of aromatic nitrogens is 1. The van der Waals surface area contributed by atoms with Gasteiger partial charge in [0.1, 0.15) is 5.58 Å².